The average molecular weight is 330 g/mol. The van der Waals surface area contributed by atoms with Gasteiger partial charge in [-0.05, 0) is 54.1 Å². The maximum atomic E-state index is 12.2. The van der Waals surface area contributed by atoms with Crippen molar-refractivity contribution in [3.8, 4) is 0 Å². The van der Waals surface area contributed by atoms with Gasteiger partial charge in [-0.25, -0.2) is 0 Å². The topological polar surface area (TPSA) is 46.3 Å². The quantitative estimate of drug-likeness (QED) is 0.799. The van der Waals surface area contributed by atoms with Crippen LogP contribution in [0, 0.1) is 3.57 Å². The summed E-state index contributed by atoms with van der Waals surface area (Å²) >= 11 is 2.22. The van der Waals surface area contributed by atoms with Gasteiger partial charge in [0, 0.05) is 27.8 Å². The van der Waals surface area contributed by atoms with Crippen molar-refractivity contribution in [2.24, 2.45) is 5.73 Å². The monoisotopic (exact) mass is 330 g/mol. The largest absolute Gasteiger partial charge is 0.334 e. The molecule has 16 heavy (non-hydrogen) atoms. The van der Waals surface area contributed by atoms with Gasteiger partial charge in [0.2, 0.25) is 0 Å². The molecule has 1 heterocycles. The van der Waals surface area contributed by atoms with E-state index in [2.05, 4.69) is 22.6 Å². The summed E-state index contributed by atoms with van der Waals surface area (Å²) in [6.45, 7) is 2.79. The summed E-state index contributed by atoms with van der Waals surface area (Å²) in [5.74, 6) is 0.0963. The van der Waals surface area contributed by atoms with Crippen LogP contribution in [0.3, 0.4) is 0 Å². The molecule has 1 aromatic carbocycles. The number of nitrogens with two attached hydrogens (primary N) is 1. The predicted molar refractivity (Wildman–Crippen MR) is 72.2 cm³/mol. The van der Waals surface area contributed by atoms with Crippen LogP contribution in [-0.4, -0.2) is 29.4 Å². The molecule has 2 rings (SSSR count). The summed E-state index contributed by atoms with van der Waals surface area (Å²) < 4.78 is 1.08. The number of hydrogen-bond donors (Lipinski definition) is 1. The minimum atomic E-state index is 0.0963. The molecule has 1 aromatic rings. The summed E-state index contributed by atoms with van der Waals surface area (Å²) in [5, 5.41) is 0. The lowest BCUT2D eigenvalue weighted by Crippen LogP contribution is -2.40. The second kappa shape index (κ2) is 4.71. The molecule has 0 aromatic heterocycles. The molecule has 0 saturated carbocycles. The van der Waals surface area contributed by atoms with Crippen molar-refractivity contribution in [3.63, 3.8) is 0 Å². The van der Waals surface area contributed by atoms with Crippen LogP contribution in [0.25, 0.3) is 0 Å². The fourth-order valence-corrected chi connectivity index (χ4v) is 2.58. The SMILES string of the molecule is CC1C(N)CCN1C(=O)c1cccc(I)c1. The third kappa shape index (κ3) is 2.22. The van der Waals surface area contributed by atoms with Crippen molar-refractivity contribution < 1.29 is 4.79 Å². The Hall–Kier alpha value is -0.620. The smallest absolute Gasteiger partial charge is 0.254 e. The lowest BCUT2D eigenvalue weighted by molar-refractivity contribution is 0.0742. The van der Waals surface area contributed by atoms with E-state index in [1.807, 2.05) is 36.1 Å². The number of halogens is 1. The number of benzene rings is 1. The van der Waals surface area contributed by atoms with Crippen LogP contribution in [0.2, 0.25) is 0 Å². The number of amides is 1. The Morgan fingerprint density at radius 2 is 2.31 bits per heavy atom. The summed E-state index contributed by atoms with van der Waals surface area (Å²) in [4.78, 5) is 14.1. The van der Waals surface area contributed by atoms with E-state index in [1.54, 1.807) is 0 Å². The maximum Gasteiger partial charge on any atom is 0.254 e. The Morgan fingerprint density at radius 3 is 2.88 bits per heavy atom. The fraction of sp³-hybridized carbons (Fsp3) is 0.417. The molecule has 4 heteroatoms. The van der Waals surface area contributed by atoms with Crippen LogP contribution in [0.5, 0.6) is 0 Å². The summed E-state index contributed by atoms with van der Waals surface area (Å²) in [6, 6.07) is 7.93. The molecular weight excluding hydrogens is 315 g/mol. The minimum Gasteiger partial charge on any atom is -0.334 e. The van der Waals surface area contributed by atoms with Crippen molar-refractivity contribution in [2.75, 3.05) is 6.54 Å². The molecule has 1 saturated heterocycles. The van der Waals surface area contributed by atoms with Crippen molar-refractivity contribution >= 4 is 28.5 Å². The molecule has 2 N–H and O–H groups in total. The maximum absolute atomic E-state index is 12.2. The van der Waals surface area contributed by atoms with Gasteiger partial charge in [0.1, 0.15) is 0 Å². The van der Waals surface area contributed by atoms with E-state index in [0.717, 1.165) is 22.1 Å². The van der Waals surface area contributed by atoms with Gasteiger partial charge < -0.3 is 10.6 Å². The highest BCUT2D eigenvalue weighted by atomic mass is 127. The van der Waals surface area contributed by atoms with E-state index in [9.17, 15) is 4.79 Å². The number of carbonyl (C=O) groups excluding carboxylic acids is 1. The molecule has 1 aliphatic rings. The Kier molecular flexibility index (Phi) is 3.49. The zero-order valence-corrected chi connectivity index (χ0v) is 11.3. The van der Waals surface area contributed by atoms with Gasteiger partial charge in [0.25, 0.3) is 5.91 Å². The van der Waals surface area contributed by atoms with Crippen LogP contribution in [0.15, 0.2) is 24.3 Å². The highest BCUT2D eigenvalue weighted by molar-refractivity contribution is 14.1. The van der Waals surface area contributed by atoms with Gasteiger partial charge in [0.15, 0.2) is 0 Å². The first-order valence-corrected chi connectivity index (χ1v) is 6.49. The Morgan fingerprint density at radius 1 is 1.56 bits per heavy atom. The zero-order valence-electron chi connectivity index (χ0n) is 9.19. The van der Waals surface area contributed by atoms with Crippen molar-refractivity contribution in [2.45, 2.75) is 25.4 Å². The zero-order chi connectivity index (χ0) is 11.7. The van der Waals surface area contributed by atoms with Crippen molar-refractivity contribution in [3.05, 3.63) is 33.4 Å². The molecule has 1 aliphatic heterocycles. The molecule has 2 unspecified atom stereocenters. The number of carbonyl (C=O) groups is 1. The van der Waals surface area contributed by atoms with E-state index >= 15 is 0 Å². The molecule has 1 fully saturated rings. The highest BCUT2D eigenvalue weighted by Gasteiger charge is 2.31. The van der Waals surface area contributed by atoms with Crippen LogP contribution in [0.1, 0.15) is 23.7 Å². The van der Waals surface area contributed by atoms with Crippen molar-refractivity contribution in [1.82, 2.24) is 4.90 Å². The molecule has 2 atom stereocenters. The summed E-state index contributed by atoms with van der Waals surface area (Å²) in [7, 11) is 0. The van der Waals surface area contributed by atoms with Crippen LogP contribution < -0.4 is 5.73 Å². The van der Waals surface area contributed by atoms with Gasteiger partial charge in [-0.2, -0.15) is 0 Å². The molecule has 1 amide bonds. The second-order valence-electron chi connectivity index (χ2n) is 4.20. The third-order valence-electron chi connectivity index (χ3n) is 3.15. The number of hydrogen-bond acceptors (Lipinski definition) is 2. The minimum absolute atomic E-state index is 0.0963. The van der Waals surface area contributed by atoms with E-state index in [4.69, 9.17) is 5.73 Å². The first kappa shape index (κ1) is 11.9. The van der Waals surface area contributed by atoms with E-state index < -0.39 is 0 Å². The fourth-order valence-electron chi connectivity index (χ4n) is 2.04. The van der Waals surface area contributed by atoms with Gasteiger partial charge in [-0.1, -0.05) is 6.07 Å². The normalized spacial score (nSPS) is 24.8. The number of nitrogens with zero attached hydrogens (tertiary/aromatic N) is 1. The van der Waals surface area contributed by atoms with Crippen LogP contribution in [-0.2, 0) is 0 Å². The second-order valence-corrected chi connectivity index (χ2v) is 5.45. The Bertz CT molecular complexity index is 408. The average Bonchev–Trinajstić information content (AvgIpc) is 2.59. The lowest BCUT2D eigenvalue weighted by atomic mass is 10.1. The molecule has 0 spiro atoms. The van der Waals surface area contributed by atoms with Crippen molar-refractivity contribution in [1.29, 1.82) is 0 Å². The van der Waals surface area contributed by atoms with E-state index in [-0.39, 0.29) is 18.0 Å². The molecule has 0 bridgehead atoms. The first-order valence-electron chi connectivity index (χ1n) is 5.41. The van der Waals surface area contributed by atoms with Gasteiger partial charge >= 0.3 is 0 Å². The highest BCUT2D eigenvalue weighted by Crippen LogP contribution is 2.19. The Balaban J connectivity index is 2.20. The lowest BCUT2D eigenvalue weighted by Gasteiger charge is -2.23. The molecule has 3 nitrogen and oxygen atoms in total. The molecule has 0 radical (unpaired) electrons. The first-order chi connectivity index (χ1) is 7.59. The summed E-state index contributed by atoms with van der Waals surface area (Å²) in [5.41, 5.74) is 6.68. The third-order valence-corrected chi connectivity index (χ3v) is 3.82. The molecule has 0 aliphatic carbocycles. The van der Waals surface area contributed by atoms with Crippen LogP contribution in [0.4, 0.5) is 0 Å². The number of rotatable bonds is 1. The molecular formula is C12H15IN2O. The van der Waals surface area contributed by atoms with Crippen LogP contribution >= 0.6 is 22.6 Å². The molecule has 86 valence electrons. The van der Waals surface area contributed by atoms with Gasteiger partial charge in [-0.15, -0.1) is 0 Å². The van der Waals surface area contributed by atoms with Gasteiger partial charge in [0.05, 0.1) is 0 Å². The predicted octanol–water partition coefficient (Wildman–Crippen LogP) is 1.85. The Labute approximate surface area is 109 Å². The van der Waals surface area contributed by atoms with Gasteiger partial charge in [-0.3, -0.25) is 4.79 Å². The van der Waals surface area contributed by atoms with E-state index in [0.29, 0.717) is 0 Å². The summed E-state index contributed by atoms with van der Waals surface area (Å²) in [6.07, 6.45) is 0.900. The standard InChI is InChI=1S/C12H15IN2O/c1-8-11(14)5-6-15(8)12(16)9-3-2-4-10(13)7-9/h2-4,7-8,11H,5-6,14H2,1H3. The number of likely N-dealkylation sites (tertiary alicyclic amines) is 1. The van der Waals surface area contributed by atoms with E-state index in [1.165, 1.54) is 0 Å².